The van der Waals surface area contributed by atoms with Crippen LogP contribution in [0.1, 0.15) is 31.1 Å². The summed E-state index contributed by atoms with van der Waals surface area (Å²) in [6.07, 6.45) is 4.62. The molecule has 0 aliphatic rings. The first-order chi connectivity index (χ1) is 10.9. The maximum absolute atomic E-state index is 12.5. The van der Waals surface area contributed by atoms with E-state index in [9.17, 15) is 4.79 Å². The highest BCUT2D eigenvalue weighted by Crippen LogP contribution is 2.21. The molecule has 1 amide bonds. The topological polar surface area (TPSA) is 90.1 Å². The quantitative estimate of drug-likeness (QED) is 0.854. The number of hydrogen-bond acceptors (Lipinski definition) is 5. The Morgan fingerprint density at radius 3 is 2.78 bits per heavy atom. The Labute approximate surface area is 136 Å². The Morgan fingerprint density at radius 1 is 1.39 bits per heavy atom. The van der Waals surface area contributed by atoms with Gasteiger partial charge in [0, 0.05) is 24.5 Å². The van der Waals surface area contributed by atoms with Crippen LogP contribution in [0.15, 0.2) is 42.9 Å². The van der Waals surface area contributed by atoms with Gasteiger partial charge in [0.05, 0.1) is 11.7 Å². The minimum atomic E-state index is -0.459. The Bertz CT molecular complexity index is 661. The molecular weight excluding hydrogens is 292 g/mol. The first kappa shape index (κ1) is 16.9. The molecule has 0 radical (unpaired) electrons. The molecule has 2 aromatic rings. The summed E-state index contributed by atoms with van der Waals surface area (Å²) in [4.78, 5) is 20.5. The fraction of sp³-hybridized carbons (Fsp3) is 0.353. The zero-order valence-corrected chi connectivity index (χ0v) is 13.6. The fourth-order valence-corrected chi connectivity index (χ4v) is 1.92. The van der Waals surface area contributed by atoms with Crippen molar-refractivity contribution in [3.05, 3.63) is 48.4 Å². The van der Waals surface area contributed by atoms with Gasteiger partial charge in [0.2, 0.25) is 5.88 Å². The number of nitrogens with two attached hydrogens (primary N) is 1. The van der Waals surface area contributed by atoms with Crippen LogP contribution in [-0.4, -0.2) is 28.0 Å². The number of carbonyl (C=O) groups excluding carboxylic acids is 1. The molecule has 0 spiro atoms. The fourth-order valence-electron chi connectivity index (χ4n) is 1.92. The lowest BCUT2D eigenvalue weighted by Gasteiger charge is -2.33. The summed E-state index contributed by atoms with van der Waals surface area (Å²) in [7, 11) is 0. The number of benzene rings is 1. The Balaban J connectivity index is 2.14. The van der Waals surface area contributed by atoms with Crippen molar-refractivity contribution in [2.45, 2.75) is 26.3 Å². The molecule has 6 nitrogen and oxygen atoms in total. The number of rotatable bonds is 6. The summed E-state index contributed by atoms with van der Waals surface area (Å²) in [6, 6.07) is 6.92. The molecule has 1 atom stereocenters. The molecule has 1 heterocycles. The number of nitrogens with one attached hydrogen (secondary N) is 1. The van der Waals surface area contributed by atoms with Gasteiger partial charge >= 0.3 is 0 Å². The van der Waals surface area contributed by atoms with Gasteiger partial charge in [-0.2, -0.15) is 0 Å². The average molecular weight is 314 g/mol. The van der Waals surface area contributed by atoms with Gasteiger partial charge in [0.15, 0.2) is 0 Å². The van der Waals surface area contributed by atoms with Gasteiger partial charge in [0.1, 0.15) is 5.75 Å². The van der Waals surface area contributed by atoms with Crippen molar-refractivity contribution in [3.63, 3.8) is 0 Å². The summed E-state index contributed by atoms with van der Waals surface area (Å²) in [6.45, 7) is 6.36. The van der Waals surface area contributed by atoms with Crippen molar-refractivity contribution in [2.75, 3.05) is 6.54 Å². The number of aromatic nitrogens is 2. The lowest BCUT2D eigenvalue weighted by molar-refractivity contribution is 0.0883. The lowest BCUT2D eigenvalue weighted by atomic mass is 9.88. The van der Waals surface area contributed by atoms with E-state index < -0.39 is 5.54 Å². The van der Waals surface area contributed by atoms with Crippen molar-refractivity contribution in [1.29, 1.82) is 0 Å². The molecule has 0 saturated carbocycles. The molecule has 3 N–H and O–H groups in total. The van der Waals surface area contributed by atoms with Crippen molar-refractivity contribution in [2.24, 2.45) is 11.7 Å². The van der Waals surface area contributed by atoms with Crippen LogP contribution in [0.4, 0.5) is 0 Å². The SMILES string of the molecule is CC(C)C(C)(CN)NC(=O)c1cccc(Oc2cnccn2)c1. The largest absolute Gasteiger partial charge is 0.437 e. The van der Waals surface area contributed by atoms with Gasteiger partial charge in [0.25, 0.3) is 5.91 Å². The number of ether oxygens (including phenoxy) is 1. The number of carbonyl (C=O) groups is 1. The second-order valence-electron chi connectivity index (χ2n) is 5.90. The highest BCUT2D eigenvalue weighted by Gasteiger charge is 2.28. The maximum atomic E-state index is 12.5. The molecule has 122 valence electrons. The maximum Gasteiger partial charge on any atom is 0.251 e. The van der Waals surface area contributed by atoms with Crippen molar-refractivity contribution in [3.8, 4) is 11.6 Å². The van der Waals surface area contributed by atoms with Crippen LogP contribution in [-0.2, 0) is 0 Å². The van der Waals surface area contributed by atoms with Gasteiger partial charge in [-0.05, 0) is 31.0 Å². The smallest absolute Gasteiger partial charge is 0.251 e. The van der Waals surface area contributed by atoms with Gasteiger partial charge < -0.3 is 15.8 Å². The predicted octanol–water partition coefficient (Wildman–Crippen LogP) is 2.37. The van der Waals surface area contributed by atoms with E-state index in [2.05, 4.69) is 15.3 Å². The van der Waals surface area contributed by atoms with Crippen LogP contribution in [0.3, 0.4) is 0 Å². The van der Waals surface area contributed by atoms with E-state index in [1.54, 1.807) is 36.7 Å². The van der Waals surface area contributed by atoms with Crippen molar-refractivity contribution >= 4 is 5.91 Å². The molecular formula is C17H22N4O2. The minimum absolute atomic E-state index is 0.184. The third-order valence-corrected chi connectivity index (χ3v) is 3.96. The minimum Gasteiger partial charge on any atom is -0.437 e. The molecule has 0 aliphatic heterocycles. The van der Waals surface area contributed by atoms with Gasteiger partial charge in [-0.15, -0.1) is 0 Å². The molecule has 1 aromatic carbocycles. The summed E-state index contributed by atoms with van der Waals surface area (Å²) >= 11 is 0. The van der Waals surface area contributed by atoms with Crippen LogP contribution in [0.2, 0.25) is 0 Å². The average Bonchev–Trinajstić information content (AvgIpc) is 2.55. The molecule has 1 unspecified atom stereocenters. The zero-order chi connectivity index (χ0) is 16.9. The van der Waals surface area contributed by atoms with E-state index in [0.717, 1.165) is 0 Å². The van der Waals surface area contributed by atoms with Gasteiger partial charge in [-0.25, -0.2) is 4.98 Å². The third kappa shape index (κ3) is 4.26. The second kappa shape index (κ2) is 7.19. The van der Waals surface area contributed by atoms with E-state index >= 15 is 0 Å². The molecule has 2 rings (SSSR count). The number of amides is 1. The van der Waals surface area contributed by atoms with E-state index in [0.29, 0.717) is 23.7 Å². The Kier molecular flexibility index (Phi) is 5.28. The zero-order valence-electron chi connectivity index (χ0n) is 13.6. The van der Waals surface area contributed by atoms with E-state index in [4.69, 9.17) is 10.5 Å². The predicted molar refractivity (Wildman–Crippen MR) is 88.3 cm³/mol. The molecule has 1 aromatic heterocycles. The summed E-state index contributed by atoms with van der Waals surface area (Å²) in [5.41, 5.74) is 5.86. The first-order valence-electron chi connectivity index (χ1n) is 7.51. The van der Waals surface area contributed by atoms with Crippen LogP contribution in [0.5, 0.6) is 11.6 Å². The van der Waals surface area contributed by atoms with E-state index in [-0.39, 0.29) is 11.8 Å². The normalized spacial score (nSPS) is 13.4. The van der Waals surface area contributed by atoms with E-state index in [1.807, 2.05) is 20.8 Å². The lowest BCUT2D eigenvalue weighted by Crippen LogP contribution is -2.55. The highest BCUT2D eigenvalue weighted by molar-refractivity contribution is 5.95. The highest BCUT2D eigenvalue weighted by atomic mass is 16.5. The number of nitrogens with zero attached hydrogens (tertiary/aromatic N) is 2. The van der Waals surface area contributed by atoms with Crippen LogP contribution in [0.25, 0.3) is 0 Å². The van der Waals surface area contributed by atoms with Crippen LogP contribution in [0, 0.1) is 5.92 Å². The molecule has 23 heavy (non-hydrogen) atoms. The molecule has 0 fully saturated rings. The standard InChI is InChI=1S/C17H22N4O2/c1-12(2)17(3,11-18)21-16(22)13-5-4-6-14(9-13)23-15-10-19-7-8-20-15/h4-10,12H,11,18H2,1-3H3,(H,21,22). The first-order valence-corrected chi connectivity index (χ1v) is 7.51. The summed E-state index contributed by atoms with van der Waals surface area (Å²) in [5, 5.41) is 3.00. The van der Waals surface area contributed by atoms with Gasteiger partial charge in [-0.1, -0.05) is 19.9 Å². The Morgan fingerprint density at radius 2 is 2.17 bits per heavy atom. The van der Waals surface area contributed by atoms with E-state index in [1.165, 1.54) is 6.20 Å². The molecule has 0 saturated heterocycles. The van der Waals surface area contributed by atoms with Gasteiger partial charge in [-0.3, -0.25) is 9.78 Å². The molecule has 0 aliphatic carbocycles. The summed E-state index contributed by atoms with van der Waals surface area (Å²) < 4.78 is 5.59. The molecule has 0 bridgehead atoms. The van der Waals surface area contributed by atoms with Crippen molar-refractivity contribution in [1.82, 2.24) is 15.3 Å². The van der Waals surface area contributed by atoms with Crippen LogP contribution >= 0.6 is 0 Å². The Hall–Kier alpha value is -2.47. The second-order valence-corrected chi connectivity index (χ2v) is 5.90. The summed E-state index contributed by atoms with van der Waals surface area (Å²) in [5.74, 6) is 0.933. The monoisotopic (exact) mass is 314 g/mol. The van der Waals surface area contributed by atoms with Crippen LogP contribution < -0.4 is 15.8 Å². The third-order valence-electron chi connectivity index (χ3n) is 3.96. The molecule has 6 heteroatoms. The number of hydrogen-bond donors (Lipinski definition) is 2. The van der Waals surface area contributed by atoms with Crippen molar-refractivity contribution < 1.29 is 9.53 Å².